The second-order valence-electron chi connectivity index (χ2n) is 19.1. The summed E-state index contributed by atoms with van der Waals surface area (Å²) in [6, 6.07) is 107. The summed E-state index contributed by atoms with van der Waals surface area (Å²) in [7, 11) is 0. The van der Waals surface area contributed by atoms with Gasteiger partial charge in [-0.1, -0.05) is 297 Å². The van der Waals surface area contributed by atoms with Crippen molar-refractivity contribution in [3.05, 3.63) is 302 Å². The highest BCUT2D eigenvalue weighted by Crippen LogP contribution is 2.57. The van der Waals surface area contributed by atoms with E-state index < -0.39 is 0 Å². The first kappa shape index (κ1) is 45.8. The molecule has 0 amide bonds. The fourth-order valence-electron chi connectivity index (χ4n) is 11.3. The van der Waals surface area contributed by atoms with Gasteiger partial charge in [-0.15, -0.1) is 0 Å². The number of benzene rings is 12. The molecule has 0 bridgehead atoms. The molecule has 0 aliphatic heterocycles. The highest BCUT2D eigenvalue weighted by molar-refractivity contribution is 6.16. The van der Waals surface area contributed by atoms with Crippen LogP contribution in [0.4, 0.5) is 0 Å². The van der Waals surface area contributed by atoms with Crippen molar-refractivity contribution in [1.29, 1.82) is 0 Å². The molecule has 12 rings (SSSR count). The van der Waals surface area contributed by atoms with Gasteiger partial charge in [-0.05, 0) is 142 Å². The van der Waals surface area contributed by atoms with Crippen LogP contribution in [0.25, 0.3) is 122 Å². The van der Waals surface area contributed by atoms with Crippen molar-refractivity contribution < 1.29 is 0 Å². The SMILES string of the molecule is Cc1ccc(-c2c(-c3ccccc3)c(-c3ccccc3)c(-c3ccccc3)c(-c3ccc(-c4c(-c5ccccc5)c(C)c(-c5ccccc5)c(-c5ccccc5)c4-c4ccccc4)cc3)c2-c2ccccc2)cc1. The molecule has 0 saturated carbocycles. The van der Waals surface area contributed by atoms with Gasteiger partial charge in [0.1, 0.15) is 0 Å². The summed E-state index contributed by atoms with van der Waals surface area (Å²) in [5.74, 6) is 0. The van der Waals surface area contributed by atoms with Gasteiger partial charge in [0.2, 0.25) is 0 Å². The first-order chi connectivity index (χ1) is 36.6. The van der Waals surface area contributed by atoms with E-state index in [1.165, 1.54) is 111 Å². The molecular formula is C74H54. The molecule has 0 heterocycles. The molecule has 0 heteroatoms. The van der Waals surface area contributed by atoms with E-state index in [0.29, 0.717) is 0 Å². The minimum Gasteiger partial charge on any atom is -0.0622 e. The quantitative estimate of drug-likeness (QED) is 0.121. The van der Waals surface area contributed by atoms with E-state index in [1.54, 1.807) is 0 Å². The Bertz CT molecular complexity index is 3850. The number of aryl methyl sites for hydroxylation is 1. The van der Waals surface area contributed by atoms with Crippen LogP contribution in [0.5, 0.6) is 0 Å². The molecule has 350 valence electrons. The number of hydrogen-bond donors (Lipinski definition) is 0. The minimum atomic E-state index is 1.14. The first-order valence-electron chi connectivity index (χ1n) is 25.7. The zero-order chi connectivity index (χ0) is 49.8. The smallest absolute Gasteiger partial charge is 0.00139 e. The number of rotatable bonds is 11. The highest BCUT2D eigenvalue weighted by atomic mass is 14.3. The summed E-state index contributed by atoms with van der Waals surface area (Å²) >= 11 is 0. The molecule has 0 saturated heterocycles. The lowest BCUT2D eigenvalue weighted by atomic mass is 9.73. The normalized spacial score (nSPS) is 11.1. The van der Waals surface area contributed by atoms with Crippen LogP contribution in [0.3, 0.4) is 0 Å². The molecule has 0 unspecified atom stereocenters. The number of hydrogen-bond acceptors (Lipinski definition) is 0. The highest BCUT2D eigenvalue weighted by Gasteiger charge is 2.31. The van der Waals surface area contributed by atoms with Crippen molar-refractivity contribution in [1.82, 2.24) is 0 Å². The maximum Gasteiger partial charge on any atom is -0.00139 e. The van der Waals surface area contributed by atoms with Gasteiger partial charge >= 0.3 is 0 Å². The Morgan fingerprint density at radius 2 is 0.270 bits per heavy atom. The molecule has 74 heavy (non-hydrogen) atoms. The average molecular weight is 943 g/mol. The van der Waals surface area contributed by atoms with Crippen LogP contribution in [-0.2, 0) is 0 Å². The predicted octanol–water partition coefficient (Wildman–Crippen LogP) is 20.6. The van der Waals surface area contributed by atoms with E-state index >= 15 is 0 Å². The van der Waals surface area contributed by atoms with E-state index in [0.717, 1.165) is 22.3 Å². The molecule has 0 N–H and O–H groups in total. The van der Waals surface area contributed by atoms with Crippen LogP contribution in [-0.4, -0.2) is 0 Å². The van der Waals surface area contributed by atoms with Crippen molar-refractivity contribution in [2.45, 2.75) is 13.8 Å². The molecule has 0 aliphatic carbocycles. The van der Waals surface area contributed by atoms with Crippen molar-refractivity contribution in [3.63, 3.8) is 0 Å². The topological polar surface area (TPSA) is 0 Å². The molecule has 12 aromatic carbocycles. The predicted molar refractivity (Wildman–Crippen MR) is 316 cm³/mol. The maximum absolute atomic E-state index is 2.39. The Morgan fingerprint density at radius 1 is 0.135 bits per heavy atom. The lowest BCUT2D eigenvalue weighted by Gasteiger charge is -2.29. The molecular weight excluding hydrogens is 889 g/mol. The van der Waals surface area contributed by atoms with Crippen LogP contribution in [0.15, 0.2) is 291 Å². The van der Waals surface area contributed by atoms with Gasteiger partial charge in [-0.2, -0.15) is 0 Å². The van der Waals surface area contributed by atoms with Gasteiger partial charge < -0.3 is 0 Å². The van der Waals surface area contributed by atoms with Gasteiger partial charge in [-0.3, -0.25) is 0 Å². The van der Waals surface area contributed by atoms with Crippen LogP contribution in [0.1, 0.15) is 11.1 Å². The molecule has 0 radical (unpaired) electrons. The average Bonchev–Trinajstić information content (AvgIpc) is 3.49. The van der Waals surface area contributed by atoms with Gasteiger partial charge in [0.05, 0.1) is 0 Å². The lowest BCUT2D eigenvalue weighted by molar-refractivity contribution is 1.43. The monoisotopic (exact) mass is 942 g/mol. The largest absolute Gasteiger partial charge is 0.0622 e. The van der Waals surface area contributed by atoms with Crippen molar-refractivity contribution in [2.75, 3.05) is 0 Å². The summed E-state index contributed by atoms with van der Waals surface area (Å²) in [6.45, 7) is 4.50. The van der Waals surface area contributed by atoms with E-state index in [4.69, 9.17) is 0 Å². The van der Waals surface area contributed by atoms with Gasteiger partial charge in [0, 0.05) is 0 Å². The molecule has 0 atom stereocenters. The third-order valence-electron chi connectivity index (χ3n) is 14.6. The second-order valence-corrected chi connectivity index (χ2v) is 19.1. The standard InChI is InChI=1S/C74H54/c1-51-43-45-61(46-44-51)73-70(58-37-21-8-22-38-58)69(57-35-19-7-20-36-57)71(59-39-23-9-24-40-59)74(72(73)60-41-25-10-26-42-60)63-49-47-62(48-50-63)67-65(54-29-13-4-14-30-54)52(2)64(53-27-11-3-12-28-53)66(55-31-15-5-16-32-55)68(67)56-33-17-6-18-34-56/h3-50H,1-2H3. The van der Waals surface area contributed by atoms with Crippen LogP contribution in [0.2, 0.25) is 0 Å². The Hall–Kier alpha value is -9.36. The Kier molecular flexibility index (Phi) is 12.6. The Labute approximate surface area is 436 Å². The fourth-order valence-corrected chi connectivity index (χ4v) is 11.3. The van der Waals surface area contributed by atoms with Gasteiger partial charge in [0.15, 0.2) is 0 Å². The summed E-state index contributed by atoms with van der Waals surface area (Å²) in [5, 5.41) is 0. The Morgan fingerprint density at radius 3 is 0.459 bits per heavy atom. The van der Waals surface area contributed by atoms with E-state index in [9.17, 15) is 0 Å². The van der Waals surface area contributed by atoms with Gasteiger partial charge in [-0.25, -0.2) is 0 Å². The van der Waals surface area contributed by atoms with Crippen LogP contribution < -0.4 is 0 Å². The molecule has 0 spiro atoms. The molecule has 0 nitrogen and oxygen atoms in total. The van der Waals surface area contributed by atoms with Crippen LogP contribution in [0, 0.1) is 13.8 Å². The van der Waals surface area contributed by atoms with Crippen LogP contribution >= 0.6 is 0 Å². The van der Waals surface area contributed by atoms with Crippen molar-refractivity contribution in [3.8, 4) is 122 Å². The summed E-state index contributed by atoms with van der Waals surface area (Å²) in [4.78, 5) is 0. The maximum atomic E-state index is 2.39. The molecule has 12 aromatic rings. The zero-order valence-corrected chi connectivity index (χ0v) is 41.7. The van der Waals surface area contributed by atoms with E-state index in [1.807, 2.05) is 0 Å². The lowest BCUT2D eigenvalue weighted by Crippen LogP contribution is -2.03. The molecule has 0 aromatic heterocycles. The first-order valence-corrected chi connectivity index (χ1v) is 25.7. The second kappa shape index (κ2) is 20.4. The molecule has 0 aliphatic rings. The minimum absolute atomic E-state index is 1.14. The van der Waals surface area contributed by atoms with E-state index in [-0.39, 0.29) is 0 Å². The summed E-state index contributed by atoms with van der Waals surface area (Å²) in [6.07, 6.45) is 0. The molecule has 0 fully saturated rings. The Balaban J connectivity index is 1.24. The zero-order valence-electron chi connectivity index (χ0n) is 41.7. The van der Waals surface area contributed by atoms with Crippen molar-refractivity contribution in [2.24, 2.45) is 0 Å². The van der Waals surface area contributed by atoms with E-state index in [2.05, 4.69) is 305 Å². The fraction of sp³-hybridized carbons (Fsp3) is 0.0270. The van der Waals surface area contributed by atoms with Crippen molar-refractivity contribution >= 4 is 0 Å². The van der Waals surface area contributed by atoms with Gasteiger partial charge in [0.25, 0.3) is 0 Å². The third-order valence-corrected chi connectivity index (χ3v) is 14.6. The summed E-state index contributed by atoms with van der Waals surface area (Å²) in [5.41, 5.74) is 28.6. The summed E-state index contributed by atoms with van der Waals surface area (Å²) < 4.78 is 0. The third kappa shape index (κ3) is 8.57.